The lowest BCUT2D eigenvalue weighted by atomic mass is 9.94. The standard InChI is InChI=1S/C17H19N3O4/c1-11-16(17(21)24-2)14-5-3-4-6-15(14)19(11)18-12-7-9-13(10-8-12)20(22)23/h7-10,18H,3-6H2,1-2H3. The van der Waals surface area contributed by atoms with Gasteiger partial charge in [-0.3, -0.25) is 20.2 Å². The van der Waals surface area contributed by atoms with E-state index in [4.69, 9.17) is 4.74 Å². The van der Waals surface area contributed by atoms with Gasteiger partial charge in [-0.25, -0.2) is 4.79 Å². The number of ether oxygens (including phenoxy) is 1. The van der Waals surface area contributed by atoms with Gasteiger partial charge in [-0.2, -0.15) is 0 Å². The summed E-state index contributed by atoms with van der Waals surface area (Å²) in [6.07, 6.45) is 3.86. The fourth-order valence-corrected chi connectivity index (χ4v) is 3.25. The number of aromatic nitrogens is 1. The molecule has 0 amide bonds. The molecular formula is C17H19N3O4. The fourth-order valence-electron chi connectivity index (χ4n) is 3.25. The Morgan fingerprint density at radius 2 is 1.92 bits per heavy atom. The van der Waals surface area contributed by atoms with Gasteiger partial charge in [-0.05, 0) is 50.3 Å². The van der Waals surface area contributed by atoms with Crippen LogP contribution in [-0.2, 0) is 17.6 Å². The zero-order chi connectivity index (χ0) is 17.3. The first-order valence-corrected chi connectivity index (χ1v) is 7.85. The van der Waals surface area contributed by atoms with Crippen LogP contribution in [0.15, 0.2) is 24.3 Å². The predicted molar refractivity (Wildman–Crippen MR) is 89.3 cm³/mol. The molecule has 7 heteroatoms. The van der Waals surface area contributed by atoms with E-state index in [0.717, 1.165) is 48.3 Å². The zero-order valence-electron chi connectivity index (χ0n) is 13.7. The number of carbonyl (C=O) groups excluding carboxylic acids is 1. The number of hydrogen-bond donors (Lipinski definition) is 1. The molecule has 0 atom stereocenters. The van der Waals surface area contributed by atoms with E-state index in [1.165, 1.54) is 19.2 Å². The van der Waals surface area contributed by atoms with Crippen LogP contribution < -0.4 is 5.43 Å². The molecule has 0 aliphatic heterocycles. The summed E-state index contributed by atoms with van der Waals surface area (Å²) < 4.78 is 6.84. The fraction of sp³-hybridized carbons (Fsp3) is 0.353. The Kier molecular flexibility index (Phi) is 4.24. The summed E-state index contributed by atoms with van der Waals surface area (Å²) in [5.41, 5.74) is 7.57. The van der Waals surface area contributed by atoms with Gasteiger partial charge in [-0.15, -0.1) is 0 Å². The van der Waals surface area contributed by atoms with Crippen LogP contribution in [0.2, 0.25) is 0 Å². The van der Waals surface area contributed by atoms with Crippen molar-refractivity contribution >= 4 is 17.3 Å². The highest BCUT2D eigenvalue weighted by Crippen LogP contribution is 2.30. The Morgan fingerprint density at radius 1 is 1.25 bits per heavy atom. The predicted octanol–water partition coefficient (Wildman–Crippen LogP) is 3.25. The van der Waals surface area contributed by atoms with Crippen molar-refractivity contribution in [2.24, 2.45) is 0 Å². The van der Waals surface area contributed by atoms with Crippen LogP contribution >= 0.6 is 0 Å². The summed E-state index contributed by atoms with van der Waals surface area (Å²) in [7, 11) is 1.39. The molecule has 24 heavy (non-hydrogen) atoms. The van der Waals surface area contributed by atoms with Gasteiger partial charge >= 0.3 is 5.97 Å². The van der Waals surface area contributed by atoms with Crippen molar-refractivity contribution in [3.63, 3.8) is 0 Å². The number of nitrogens with zero attached hydrogens (tertiary/aromatic N) is 2. The number of nitro groups is 1. The van der Waals surface area contributed by atoms with Gasteiger partial charge in [0.05, 0.1) is 29.0 Å². The Balaban J connectivity index is 2.00. The van der Waals surface area contributed by atoms with E-state index in [2.05, 4.69) is 5.43 Å². The highest BCUT2D eigenvalue weighted by Gasteiger charge is 2.27. The number of non-ortho nitro benzene ring substituents is 1. The molecule has 1 aromatic heterocycles. The molecule has 7 nitrogen and oxygen atoms in total. The molecule has 126 valence electrons. The first kappa shape index (κ1) is 16.0. The second kappa shape index (κ2) is 6.35. The topological polar surface area (TPSA) is 86.4 Å². The molecule has 3 rings (SSSR count). The van der Waals surface area contributed by atoms with Crippen molar-refractivity contribution in [1.29, 1.82) is 0 Å². The molecule has 1 aliphatic rings. The molecule has 0 saturated carbocycles. The quantitative estimate of drug-likeness (QED) is 0.528. The monoisotopic (exact) mass is 329 g/mol. The van der Waals surface area contributed by atoms with Crippen molar-refractivity contribution < 1.29 is 14.5 Å². The summed E-state index contributed by atoms with van der Waals surface area (Å²) >= 11 is 0. The van der Waals surface area contributed by atoms with Gasteiger partial charge in [0.1, 0.15) is 0 Å². The maximum atomic E-state index is 12.2. The number of anilines is 1. The van der Waals surface area contributed by atoms with E-state index in [1.54, 1.807) is 12.1 Å². The second-order valence-corrected chi connectivity index (χ2v) is 5.84. The molecule has 1 N–H and O–H groups in total. The third kappa shape index (κ3) is 2.73. The minimum absolute atomic E-state index is 0.0436. The van der Waals surface area contributed by atoms with Crippen molar-refractivity contribution in [3.05, 3.63) is 56.9 Å². The van der Waals surface area contributed by atoms with E-state index < -0.39 is 4.92 Å². The normalized spacial score (nSPS) is 13.2. The summed E-state index contributed by atoms with van der Waals surface area (Å²) in [4.78, 5) is 22.5. The van der Waals surface area contributed by atoms with Gasteiger partial charge in [0.15, 0.2) is 0 Å². The second-order valence-electron chi connectivity index (χ2n) is 5.84. The van der Waals surface area contributed by atoms with E-state index in [9.17, 15) is 14.9 Å². The largest absolute Gasteiger partial charge is 0.465 e. The van der Waals surface area contributed by atoms with E-state index in [0.29, 0.717) is 5.56 Å². The van der Waals surface area contributed by atoms with Crippen LogP contribution in [0, 0.1) is 17.0 Å². The zero-order valence-corrected chi connectivity index (χ0v) is 13.7. The molecule has 0 spiro atoms. The Labute approximate surface area is 139 Å². The number of rotatable bonds is 4. The van der Waals surface area contributed by atoms with Crippen molar-refractivity contribution in [3.8, 4) is 0 Å². The molecule has 1 heterocycles. The van der Waals surface area contributed by atoms with Crippen molar-refractivity contribution in [1.82, 2.24) is 4.68 Å². The lowest BCUT2D eigenvalue weighted by Crippen LogP contribution is -2.16. The lowest BCUT2D eigenvalue weighted by molar-refractivity contribution is -0.384. The summed E-state index contributed by atoms with van der Waals surface area (Å²) in [6, 6.07) is 6.22. The molecule has 0 saturated heterocycles. The first-order chi connectivity index (χ1) is 11.5. The molecule has 1 aliphatic carbocycles. The molecule has 0 fully saturated rings. The molecule has 0 radical (unpaired) electrons. The Hall–Kier alpha value is -2.83. The molecule has 0 unspecified atom stereocenters. The maximum Gasteiger partial charge on any atom is 0.340 e. The highest BCUT2D eigenvalue weighted by atomic mass is 16.6. The van der Waals surface area contributed by atoms with Crippen LogP contribution in [0.25, 0.3) is 0 Å². The van der Waals surface area contributed by atoms with Crippen molar-refractivity contribution in [2.75, 3.05) is 12.5 Å². The lowest BCUT2D eigenvalue weighted by Gasteiger charge is -2.17. The smallest absolute Gasteiger partial charge is 0.340 e. The van der Waals surface area contributed by atoms with Gasteiger partial charge in [-0.1, -0.05) is 0 Å². The van der Waals surface area contributed by atoms with Crippen LogP contribution in [0.3, 0.4) is 0 Å². The minimum atomic E-state index is -0.429. The number of benzene rings is 1. The summed E-state index contributed by atoms with van der Waals surface area (Å²) in [5.74, 6) is -0.324. The molecule has 1 aromatic carbocycles. The molecule has 0 bridgehead atoms. The van der Waals surface area contributed by atoms with Crippen LogP contribution in [0.5, 0.6) is 0 Å². The number of esters is 1. The number of methoxy groups -OCH3 is 1. The van der Waals surface area contributed by atoms with Crippen molar-refractivity contribution in [2.45, 2.75) is 32.6 Å². The number of carbonyl (C=O) groups is 1. The van der Waals surface area contributed by atoms with E-state index in [1.807, 2.05) is 11.6 Å². The Bertz CT molecular complexity index is 793. The summed E-state index contributed by atoms with van der Waals surface area (Å²) in [5, 5.41) is 10.8. The highest BCUT2D eigenvalue weighted by molar-refractivity contribution is 5.93. The number of nitrogens with one attached hydrogen (secondary N) is 1. The minimum Gasteiger partial charge on any atom is -0.465 e. The third-order valence-corrected chi connectivity index (χ3v) is 4.42. The van der Waals surface area contributed by atoms with Gasteiger partial charge in [0, 0.05) is 17.8 Å². The Morgan fingerprint density at radius 3 is 2.54 bits per heavy atom. The van der Waals surface area contributed by atoms with E-state index >= 15 is 0 Å². The number of hydrogen-bond acceptors (Lipinski definition) is 5. The first-order valence-electron chi connectivity index (χ1n) is 7.85. The average Bonchev–Trinajstić information content (AvgIpc) is 2.87. The molecule has 2 aromatic rings. The van der Waals surface area contributed by atoms with Gasteiger partial charge in [0.25, 0.3) is 5.69 Å². The van der Waals surface area contributed by atoms with Gasteiger partial charge < -0.3 is 4.74 Å². The van der Waals surface area contributed by atoms with Crippen LogP contribution in [0.1, 0.15) is 40.2 Å². The van der Waals surface area contributed by atoms with Crippen LogP contribution in [0.4, 0.5) is 11.4 Å². The third-order valence-electron chi connectivity index (χ3n) is 4.42. The number of nitro benzene ring substituents is 1. The maximum absolute atomic E-state index is 12.2. The molecular weight excluding hydrogens is 310 g/mol. The number of fused-ring (bicyclic) bond motifs is 1. The van der Waals surface area contributed by atoms with Crippen LogP contribution in [-0.4, -0.2) is 22.7 Å². The SMILES string of the molecule is COC(=O)c1c2c(n(Nc3ccc([N+](=O)[O-])cc3)c1C)CCCC2. The average molecular weight is 329 g/mol. The van der Waals surface area contributed by atoms with E-state index in [-0.39, 0.29) is 11.7 Å². The van der Waals surface area contributed by atoms with Gasteiger partial charge in [0.2, 0.25) is 0 Å². The summed E-state index contributed by atoms with van der Waals surface area (Å²) in [6.45, 7) is 1.88.